The molecular weight excluding hydrogens is 461 g/mol. The van der Waals surface area contributed by atoms with Crippen LogP contribution in [0.4, 0.5) is 14.9 Å². The molecule has 1 heterocycles. The molecule has 1 aromatic heterocycles. The van der Waals surface area contributed by atoms with Crippen molar-refractivity contribution in [2.45, 2.75) is 19.9 Å². The fraction of sp³-hybridized carbons (Fsp3) is 0.185. The molecule has 3 amide bonds. The molecule has 184 valence electrons. The van der Waals surface area contributed by atoms with Crippen molar-refractivity contribution in [1.82, 2.24) is 20.4 Å². The van der Waals surface area contributed by atoms with Gasteiger partial charge < -0.3 is 20.1 Å². The number of carbonyl (C=O) groups excluding carboxylic acids is 2. The van der Waals surface area contributed by atoms with E-state index in [2.05, 4.69) is 20.8 Å². The lowest BCUT2D eigenvalue weighted by molar-refractivity contribution is 0.0951. The van der Waals surface area contributed by atoms with E-state index in [4.69, 9.17) is 4.52 Å². The van der Waals surface area contributed by atoms with Gasteiger partial charge in [-0.2, -0.15) is 4.98 Å². The molecule has 4 aromatic rings. The summed E-state index contributed by atoms with van der Waals surface area (Å²) in [5.74, 6) is 0.173. The summed E-state index contributed by atoms with van der Waals surface area (Å²) < 4.78 is 18.6. The highest BCUT2D eigenvalue weighted by atomic mass is 19.1. The minimum atomic E-state index is -0.345. The molecule has 0 saturated carbocycles. The number of halogens is 1. The maximum absolute atomic E-state index is 13.3. The second-order valence-electron chi connectivity index (χ2n) is 8.37. The molecule has 0 aliphatic rings. The number of benzene rings is 3. The highest BCUT2D eigenvalue weighted by Gasteiger charge is 2.14. The summed E-state index contributed by atoms with van der Waals surface area (Å²) in [6, 6.07) is 20.2. The molecule has 4 rings (SSSR count). The predicted molar refractivity (Wildman–Crippen MR) is 134 cm³/mol. The number of rotatable bonds is 8. The van der Waals surface area contributed by atoms with E-state index in [1.165, 1.54) is 12.1 Å². The van der Waals surface area contributed by atoms with Crippen molar-refractivity contribution in [2.75, 3.05) is 18.9 Å². The summed E-state index contributed by atoms with van der Waals surface area (Å²) in [4.78, 5) is 30.7. The number of nitrogens with zero attached hydrogens (tertiary/aromatic N) is 3. The number of likely N-dealkylation sites (N-methyl/N-ethyl adjacent to an activating group) is 1. The van der Waals surface area contributed by atoms with E-state index in [-0.39, 0.29) is 24.3 Å². The fourth-order valence-electron chi connectivity index (χ4n) is 3.39. The molecule has 9 heteroatoms. The molecule has 0 unspecified atom stereocenters. The van der Waals surface area contributed by atoms with E-state index in [1.54, 1.807) is 48.3 Å². The molecule has 0 spiro atoms. The van der Waals surface area contributed by atoms with E-state index in [0.717, 1.165) is 11.3 Å². The average Bonchev–Trinajstić information content (AvgIpc) is 3.36. The van der Waals surface area contributed by atoms with Crippen molar-refractivity contribution in [3.63, 3.8) is 0 Å². The Morgan fingerprint density at radius 3 is 2.50 bits per heavy atom. The minimum absolute atomic E-state index is 0.225. The van der Waals surface area contributed by atoms with Crippen LogP contribution in [0.5, 0.6) is 0 Å². The highest BCUT2D eigenvalue weighted by molar-refractivity contribution is 5.94. The molecular formula is C27H26FN5O3. The van der Waals surface area contributed by atoms with Crippen LogP contribution in [-0.4, -0.2) is 40.6 Å². The summed E-state index contributed by atoms with van der Waals surface area (Å²) in [6.07, 6.45) is 0.419. The van der Waals surface area contributed by atoms with Crippen LogP contribution in [-0.2, 0) is 13.0 Å². The van der Waals surface area contributed by atoms with Crippen LogP contribution >= 0.6 is 0 Å². The summed E-state index contributed by atoms with van der Waals surface area (Å²) in [5, 5.41) is 9.60. The third-order valence-corrected chi connectivity index (χ3v) is 5.52. The van der Waals surface area contributed by atoms with Gasteiger partial charge in [-0.15, -0.1) is 0 Å². The summed E-state index contributed by atoms with van der Waals surface area (Å²) in [6.45, 7) is 2.61. The van der Waals surface area contributed by atoms with Gasteiger partial charge in [0, 0.05) is 43.4 Å². The van der Waals surface area contributed by atoms with Crippen molar-refractivity contribution in [3.8, 4) is 11.5 Å². The van der Waals surface area contributed by atoms with Gasteiger partial charge >= 0.3 is 6.03 Å². The smallest absolute Gasteiger partial charge is 0.321 e. The zero-order valence-electron chi connectivity index (χ0n) is 20.0. The van der Waals surface area contributed by atoms with Gasteiger partial charge in [-0.05, 0) is 61.0 Å². The first-order chi connectivity index (χ1) is 17.4. The van der Waals surface area contributed by atoms with E-state index in [0.29, 0.717) is 41.4 Å². The average molecular weight is 488 g/mol. The Morgan fingerprint density at radius 2 is 1.78 bits per heavy atom. The van der Waals surface area contributed by atoms with Crippen LogP contribution in [0.3, 0.4) is 0 Å². The lowest BCUT2D eigenvalue weighted by Gasteiger charge is -2.17. The highest BCUT2D eigenvalue weighted by Crippen LogP contribution is 2.18. The van der Waals surface area contributed by atoms with Crippen LogP contribution in [0.1, 0.15) is 27.3 Å². The van der Waals surface area contributed by atoms with Crippen molar-refractivity contribution in [3.05, 3.63) is 101 Å². The van der Waals surface area contributed by atoms with Crippen LogP contribution < -0.4 is 10.6 Å². The second-order valence-corrected chi connectivity index (χ2v) is 8.37. The van der Waals surface area contributed by atoms with Gasteiger partial charge in [0.15, 0.2) is 5.82 Å². The number of urea groups is 1. The van der Waals surface area contributed by atoms with Gasteiger partial charge in [0.1, 0.15) is 5.82 Å². The van der Waals surface area contributed by atoms with Crippen molar-refractivity contribution in [2.24, 2.45) is 0 Å². The van der Waals surface area contributed by atoms with Gasteiger partial charge in [-0.1, -0.05) is 35.0 Å². The Morgan fingerprint density at radius 1 is 1.03 bits per heavy atom. The molecule has 0 saturated heterocycles. The third kappa shape index (κ3) is 6.53. The molecule has 0 bridgehead atoms. The first kappa shape index (κ1) is 24.6. The maximum atomic E-state index is 13.3. The van der Waals surface area contributed by atoms with Crippen molar-refractivity contribution >= 4 is 17.6 Å². The number of aromatic nitrogens is 2. The number of hydrogen-bond acceptors (Lipinski definition) is 5. The van der Waals surface area contributed by atoms with Crippen LogP contribution in [0, 0.1) is 12.7 Å². The van der Waals surface area contributed by atoms with Crippen LogP contribution in [0.2, 0.25) is 0 Å². The van der Waals surface area contributed by atoms with Crippen LogP contribution in [0.15, 0.2) is 77.3 Å². The zero-order valence-corrected chi connectivity index (χ0v) is 20.0. The van der Waals surface area contributed by atoms with Gasteiger partial charge in [-0.25, -0.2) is 9.18 Å². The first-order valence-corrected chi connectivity index (χ1v) is 11.4. The lowest BCUT2D eigenvalue weighted by atomic mass is 10.1. The Hall–Kier alpha value is -4.53. The molecule has 0 aliphatic carbocycles. The van der Waals surface area contributed by atoms with Gasteiger partial charge in [0.25, 0.3) is 11.8 Å². The Kier molecular flexibility index (Phi) is 7.69. The van der Waals surface area contributed by atoms with Crippen LogP contribution in [0.25, 0.3) is 11.5 Å². The van der Waals surface area contributed by atoms with Crippen molar-refractivity contribution in [1.29, 1.82) is 0 Å². The third-order valence-electron chi connectivity index (χ3n) is 5.52. The molecule has 36 heavy (non-hydrogen) atoms. The number of nitrogens with one attached hydrogen (secondary N) is 2. The van der Waals surface area contributed by atoms with Gasteiger partial charge in [0.05, 0.1) is 0 Å². The number of amides is 3. The minimum Gasteiger partial charge on any atom is -0.348 e. The largest absolute Gasteiger partial charge is 0.348 e. The van der Waals surface area contributed by atoms with E-state index in [9.17, 15) is 14.0 Å². The zero-order chi connectivity index (χ0) is 25.5. The molecule has 0 atom stereocenters. The summed E-state index contributed by atoms with van der Waals surface area (Å²) in [5.41, 5.74) is 3.65. The number of hydrogen-bond donors (Lipinski definition) is 2. The van der Waals surface area contributed by atoms with E-state index in [1.807, 2.05) is 31.2 Å². The SMILES string of the molecule is Cc1ccc(NC(=O)N(C)CCc2noc(-c3ccc(C(=O)NCc4cccc(F)c4)cc3)n2)cc1. The number of aryl methyl sites for hydroxylation is 1. The molecule has 2 N–H and O–H groups in total. The lowest BCUT2D eigenvalue weighted by Crippen LogP contribution is -2.33. The van der Waals surface area contributed by atoms with Gasteiger partial charge in [0.2, 0.25) is 0 Å². The van der Waals surface area contributed by atoms with Crippen molar-refractivity contribution < 1.29 is 18.5 Å². The Balaban J connectivity index is 1.28. The quantitative estimate of drug-likeness (QED) is 0.371. The summed E-state index contributed by atoms with van der Waals surface area (Å²) in [7, 11) is 1.70. The molecule has 3 aromatic carbocycles. The summed E-state index contributed by atoms with van der Waals surface area (Å²) >= 11 is 0. The molecule has 0 fully saturated rings. The normalized spacial score (nSPS) is 10.6. The monoisotopic (exact) mass is 487 g/mol. The Labute approximate surface area is 208 Å². The Bertz CT molecular complexity index is 1340. The molecule has 8 nitrogen and oxygen atoms in total. The molecule has 0 aliphatic heterocycles. The number of anilines is 1. The van der Waals surface area contributed by atoms with E-state index >= 15 is 0 Å². The second kappa shape index (κ2) is 11.3. The number of carbonyl (C=O) groups is 2. The predicted octanol–water partition coefficient (Wildman–Crippen LogP) is 4.82. The standard InChI is InChI=1S/C27H26FN5O3/c1-18-6-12-23(13-7-18)30-27(35)33(2)15-14-24-31-26(36-32-24)21-10-8-20(9-11-21)25(34)29-17-19-4-3-5-22(28)16-19/h3-13,16H,14-15,17H2,1-2H3,(H,29,34)(H,30,35). The van der Waals surface area contributed by atoms with E-state index < -0.39 is 0 Å². The molecule has 0 radical (unpaired) electrons. The topological polar surface area (TPSA) is 100 Å². The fourth-order valence-corrected chi connectivity index (χ4v) is 3.39. The first-order valence-electron chi connectivity index (χ1n) is 11.4. The maximum Gasteiger partial charge on any atom is 0.321 e. The van der Waals surface area contributed by atoms with Gasteiger partial charge in [-0.3, -0.25) is 4.79 Å².